The fourth-order valence-corrected chi connectivity index (χ4v) is 2.75. The number of esters is 1. The molecule has 0 radical (unpaired) electrons. The molecule has 2 rings (SSSR count). The maximum absolute atomic E-state index is 12.2. The number of aromatic amines is 1. The summed E-state index contributed by atoms with van der Waals surface area (Å²) in [5.74, 6) is 0.168. The molecule has 1 atom stereocenters. The zero-order valence-corrected chi connectivity index (χ0v) is 15.3. The van der Waals surface area contributed by atoms with Crippen molar-refractivity contribution in [3.8, 4) is 0 Å². The van der Waals surface area contributed by atoms with Gasteiger partial charge in [0.15, 0.2) is 0 Å². The van der Waals surface area contributed by atoms with Gasteiger partial charge in [-0.25, -0.2) is 14.6 Å². The minimum atomic E-state index is -0.619. The number of fused-ring (bicyclic) bond motifs is 1. The number of ether oxygens (including phenoxy) is 2. The van der Waals surface area contributed by atoms with Crippen molar-refractivity contribution in [2.45, 2.75) is 34.1 Å². The van der Waals surface area contributed by atoms with E-state index in [0.29, 0.717) is 23.2 Å². The Kier molecular flexibility index (Phi) is 5.66. The monoisotopic (exact) mass is 347 g/mol. The molecule has 0 saturated carbocycles. The second-order valence-corrected chi connectivity index (χ2v) is 7.40. The number of hydrogen-bond donors (Lipinski definition) is 2. The van der Waals surface area contributed by atoms with Crippen molar-refractivity contribution in [2.75, 3.05) is 19.0 Å². The molecule has 0 bridgehead atoms. The van der Waals surface area contributed by atoms with Crippen molar-refractivity contribution in [3.05, 3.63) is 23.8 Å². The summed E-state index contributed by atoms with van der Waals surface area (Å²) in [6.07, 6.45) is 0.356. The molecule has 2 aromatic rings. The van der Waals surface area contributed by atoms with Crippen LogP contribution in [0, 0.1) is 11.3 Å². The number of anilines is 1. The lowest BCUT2D eigenvalue weighted by molar-refractivity contribution is 0.0420. The number of amides is 1. The average molecular weight is 347 g/mol. The van der Waals surface area contributed by atoms with Crippen LogP contribution in [0.2, 0.25) is 0 Å². The summed E-state index contributed by atoms with van der Waals surface area (Å²) >= 11 is 0. The first-order chi connectivity index (χ1) is 11.7. The van der Waals surface area contributed by atoms with E-state index in [1.54, 1.807) is 18.2 Å². The number of carbonyl (C=O) groups excluding carboxylic acids is 2. The minimum Gasteiger partial charge on any atom is -0.462 e. The second-order valence-electron chi connectivity index (χ2n) is 7.40. The Labute approximate surface area is 147 Å². The van der Waals surface area contributed by atoms with Crippen LogP contribution in [0.3, 0.4) is 0 Å². The molecule has 136 valence electrons. The Bertz CT molecular complexity index is 761. The number of aromatic nitrogens is 2. The molecule has 0 fully saturated rings. The molecule has 1 unspecified atom stereocenters. The number of imidazole rings is 1. The molecule has 7 heteroatoms. The third kappa shape index (κ3) is 5.48. The average Bonchev–Trinajstić information content (AvgIpc) is 2.91. The van der Waals surface area contributed by atoms with Gasteiger partial charge in [-0.15, -0.1) is 0 Å². The molecule has 7 nitrogen and oxygen atoms in total. The molecule has 0 saturated heterocycles. The fourth-order valence-electron chi connectivity index (χ4n) is 2.75. The zero-order valence-electron chi connectivity index (χ0n) is 15.3. The Morgan fingerprint density at radius 3 is 2.68 bits per heavy atom. The SMILES string of the molecule is COC(=O)Nc1nc2ccc(C(=O)OCC(C)CC(C)(C)C)cc2[nH]1. The first-order valence-corrected chi connectivity index (χ1v) is 8.20. The quantitative estimate of drug-likeness (QED) is 0.798. The molecule has 1 aromatic heterocycles. The number of nitrogens with one attached hydrogen (secondary N) is 2. The molecule has 0 aliphatic rings. The van der Waals surface area contributed by atoms with Crippen LogP contribution in [-0.2, 0) is 9.47 Å². The van der Waals surface area contributed by atoms with Crippen LogP contribution in [0.1, 0.15) is 44.5 Å². The summed E-state index contributed by atoms with van der Waals surface area (Å²) in [5.41, 5.74) is 1.89. The summed E-state index contributed by atoms with van der Waals surface area (Å²) in [7, 11) is 1.27. The fraction of sp³-hybridized carbons (Fsp3) is 0.500. The van der Waals surface area contributed by atoms with E-state index in [9.17, 15) is 9.59 Å². The third-order valence-electron chi connectivity index (χ3n) is 3.58. The number of H-pyrrole nitrogens is 1. The van der Waals surface area contributed by atoms with E-state index in [-0.39, 0.29) is 23.3 Å². The molecule has 1 aromatic carbocycles. The molecule has 0 spiro atoms. The molecule has 0 aliphatic heterocycles. The number of rotatable bonds is 5. The van der Waals surface area contributed by atoms with Crippen molar-refractivity contribution in [1.29, 1.82) is 0 Å². The zero-order chi connectivity index (χ0) is 18.6. The summed E-state index contributed by atoms with van der Waals surface area (Å²) < 4.78 is 9.93. The van der Waals surface area contributed by atoms with E-state index in [0.717, 1.165) is 6.42 Å². The van der Waals surface area contributed by atoms with Crippen LogP contribution in [-0.4, -0.2) is 35.7 Å². The number of hydrogen-bond acceptors (Lipinski definition) is 5. The summed E-state index contributed by atoms with van der Waals surface area (Å²) in [4.78, 5) is 30.6. The van der Waals surface area contributed by atoms with Crippen molar-refractivity contribution in [2.24, 2.45) is 11.3 Å². The van der Waals surface area contributed by atoms with Gasteiger partial charge in [0.2, 0.25) is 5.95 Å². The highest BCUT2D eigenvalue weighted by molar-refractivity contribution is 5.94. The van der Waals surface area contributed by atoms with Crippen LogP contribution in [0.25, 0.3) is 11.0 Å². The van der Waals surface area contributed by atoms with Gasteiger partial charge in [-0.2, -0.15) is 0 Å². The standard InChI is InChI=1S/C18H25N3O4/c1-11(9-18(2,3)4)10-25-15(22)12-6-7-13-14(8-12)20-16(19-13)21-17(23)24-5/h6-8,11H,9-10H2,1-5H3,(H2,19,20,21,23). The van der Waals surface area contributed by atoms with Gasteiger partial charge in [0, 0.05) is 0 Å². The van der Waals surface area contributed by atoms with Crippen LogP contribution in [0.4, 0.5) is 10.7 Å². The van der Waals surface area contributed by atoms with Crippen LogP contribution in [0.15, 0.2) is 18.2 Å². The van der Waals surface area contributed by atoms with E-state index in [2.05, 4.69) is 47.7 Å². The number of carbonyl (C=O) groups is 2. The van der Waals surface area contributed by atoms with Gasteiger partial charge >= 0.3 is 12.1 Å². The molecule has 0 aliphatic carbocycles. The number of benzene rings is 1. The van der Waals surface area contributed by atoms with Crippen LogP contribution < -0.4 is 5.32 Å². The maximum atomic E-state index is 12.2. The van der Waals surface area contributed by atoms with Crippen LogP contribution in [0.5, 0.6) is 0 Å². The van der Waals surface area contributed by atoms with E-state index in [4.69, 9.17) is 4.74 Å². The molecular weight excluding hydrogens is 322 g/mol. The van der Waals surface area contributed by atoms with E-state index < -0.39 is 6.09 Å². The van der Waals surface area contributed by atoms with Gasteiger partial charge in [-0.3, -0.25) is 5.32 Å². The van der Waals surface area contributed by atoms with Crippen molar-refractivity contribution in [1.82, 2.24) is 9.97 Å². The predicted octanol–water partition coefficient (Wildman–Crippen LogP) is 3.97. The highest BCUT2D eigenvalue weighted by Gasteiger charge is 2.17. The van der Waals surface area contributed by atoms with Crippen LogP contribution >= 0.6 is 0 Å². The normalized spacial score (nSPS) is 12.7. The molecule has 1 amide bonds. The highest BCUT2D eigenvalue weighted by atomic mass is 16.5. The topological polar surface area (TPSA) is 93.3 Å². The van der Waals surface area contributed by atoms with Gasteiger partial charge < -0.3 is 14.5 Å². The molecular formula is C18H25N3O4. The largest absolute Gasteiger partial charge is 0.462 e. The first-order valence-electron chi connectivity index (χ1n) is 8.20. The molecule has 1 heterocycles. The second kappa shape index (κ2) is 7.55. The van der Waals surface area contributed by atoms with Gasteiger partial charge in [-0.1, -0.05) is 27.7 Å². The Balaban J connectivity index is 2.02. The van der Waals surface area contributed by atoms with Gasteiger partial charge in [-0.05, 0) is 36.0 Å². The lowest BCUT2D eigenvalue weighted by Crippen LogP contribution is -2.17. The van der Waals surface area contributed by atoms with Gasteiger partial charge in [0.1, 0.15) is 0 Å². The molecule has 25 heavy (non-hydrogen) atoms. The first kappa shape index (κ1) is 18.8. The number of methoxy groups -OCH3 is 1. The van der Waals surface area contributed by atoms with E-state index >= 15 is 0 Å². The van der Waals surface area contributed by atoms with Gasteiger partial charge in [0.05, 0.1) is 30.3 Å². The maximum Gasteiger partial charge on any atom is 0.413 e. The lowest BCUT2D eigenvalue weighted by atomic mass is 9.86. The Morgan fingerprint density at radius 2 is 2.04 bits per heavy atom. The number of nitrogens with zero attached hydrogens (tertiary/aromatic N) is 1. The molecule has 2 N–H and O–H groups in total. The minimum absolute atomic E-state index is 0.198. The van der Waals surface area contributed by atoms with E-state index in [1.807, 2.05) is 0 Å². The summed E-state index contributed by atoms with van der Waals surface area (Å²) in [6, 6.07) is 5.01. The smallest absolute Gasteiger partial charge is 0.413 e. The Hall–Kier alpha value is -2.57. The highest BCUT2D eigenvalue weighted by Crippen LogP contribution is 2.24. The summed E-state index contributed by atoms with van der Waals surface area (Å²) in [6.45, 7) is 8.94. The van der Waals surface area contributed by atoms with E-state index in [1.165, 1.54) is 7.11 Å². The predicted molar refractivity (Wildman–Crippen MR) is 95.6 cm³/mol. The van der Waals surface area contributed by atoms with Crippen molar-refractivity contribution >= 4 is 29.0 Å². The summed E-state index contributed by atoms with van der Waals surface area (Å²) in [5, 5.41) is 2.45. The Morgan fingerprint density at radius 1 is 1.32 bits per heavy atom. The van der Waals surface area contributed by atoms with Crippen molar-refractivity contribution in [3.63, 3.8) is 0 Å². The van der Waals surface area contributed by atoms with Gasteiger partial charge in [0.25, 0.3) is 0 Å². The third-order valence-corrected chi connectivity index (χ3v) is 3.58. The van der Waals surface area contributed by atoms with Crippen molar-refractivity contribution < 1.29 is 19.1 Å². The lowest BCUT2D eigenvalue weighted by Gasteiger charge is -2.22.